The molecule has 152 valence electrons. The van der Waals surface area contributed by atoms with Crippen molar-refractivity contribution in [2.24, 2.45) is 4.40 Å². The molecule has 0 saturated heterocycles. The average molecular weight is 437 g/mol. The lowest BCUT2D eigenvalue weighted by Gasteiger charge is -2.17. The zero-order chi connectivity index (χ0) is 21.0. The topological polar surface area (TPSA) is 114 Å². The molecular weight excluding hydrogens is 421 g/mol. The van der Waals surface area contributed by atoms with Gasteiger partial charge in [-0.2, -0.15) is 8.42 Å². The number of carbonyl (C=O) groups is 2. The molecule has 1 amide bonds. The first-order chi connectivity index (χ1) is 13.8. The van der Waals surface area contributed by atoms with Gasteiger partial charge in [-0.3, -0.25) is 4.79 Å². The number of rotatable bonds is 5. The van der Waals surface area contributed by atoms with Gasteiger partial charge in [0.05, 0.1) is 29.3 Å². The Morgan fingerprint density at radius 2 is 2.00 bits per heavy atom. The third-order valence-corrected chi connectivity index (χ3v) is 6.01. The second-order valence-corrected chi connectivity index (χ2v) is 8.28. The number of carbonyl (C=O) groups excluding carboxylic acids is 2. The number of ether oxygens (including phenoxy) is 1. The Balaban J connectivity index is 1.68. The van der Waals surface area contributed by atoms with Crippen molar-refractivity contribution in [2.45, 2.75) is 11.8 Å². The Labute approximate surface area is 170 Å². The number of amidine groups is 1. The van der Waals surface area contributed by atoms with Crippen LogP contribution in [0.5, 0.6) is 0 Å². The van der Waals surface area contributed by atoms with Crippen molar-refractivity contribution in [1.82, 2.24) is 0 Å². The maximum absolute atomic E-state index is 13.3. The number of sulfonamides is 1. The van der Waals surface area contributed by atoms with E-state index in [1.54, 1.807) is 25.1 Å². The predicted molar refractivity (Wildman–Crippen MR) is 108 cm³/mol. The van der Waals surface area contributed by atoms with E-state index in [2.05, 4.69) is 15.0 Å². The van der Waals surface area contributed by atoms with Crippen LogP contribution in [0.1, 0.15) is 17.3 Å². The fourth-order valence-electron chi connectivity index (χ4n) is 2.47. The van der Waals surface area contributed by atoms with Crippen LogP contribution < -0.4 is 10.6 Å². The molecule has 8 nitrogen and oxygen atoms in total. The van der Waals surface area contributed by atoms with Crippen molar-refractivity contribution in [3.05, 3.63) is 53.8 Å². The summed E-state index contributed by atoms with van der Waals surface area (Å²) in [4.78, 5) is 24.0. The molecule has 29 heavy (non-hydrogen) atoms. The van der Waals surface area contributed by atoms with Crippen LogP contribution in [0.2, 0.25) is 0 Å². The molecule has 0 fully saturated rings. The van der Waals surface area contributed by atoms with Gasteiger partial charge in [0.2, 0.25) is 5.91 Å². The summed E-state index contributed by atoms with van der Waals surface area (Å²) < 4.78 is 46.2. The quantitative estimate of drug-likeness (QED) is 0.692. The lowest BCUT2D eigenvalue weighted by molar-refractivity contribution is -0.113. The number of nitrogens with one attached hydrogen (secondary N) is 2. The van der Waals surface area contributed by atoms with Crippen molar-refractivity contribution in [1.29, 1.82) is 0 Å². The molecule has 3 rings (SSSR count). The van der Waals surface area contributed by atoms with E-state index in [0.717, 1.165) is 23.9 Å². The van der Waals surface area contributed by atoms with Crippen LogP contribution in [0.4, 0.5) is 15.8 Å². The first kappa shape index (κ1) is 20.8. The van der Waals surface area contributed by atoms with Gasteiger partial charge in [0, 0.05) is 0 Å². The van der Waals surface area contributed by atoms with Crippen LogP contribution in [-0.4, -0.2) is 37.8 Å². The monoisotopic (exact) mass is 437 g/mol. The molecule has 11 heteroatoms. The molecular formula is C18H16FN3O5S2. The maximum atomic E-state index is 13.3. The number of hydrogen-bond donors (Lipinski definition) is 2. The lowest BCUT2D eigenvalue weighted by Crippen LogP contribution is -2.23. The van der Waals surface area contributed by atoms with E-state index >= 15 is 0 Å². The summed E-state index contributed by atoms with van der Waals surface area (Å²) in [7, 11) is -4.07. The van der Waals surface area contributed by atoms with Gasteiger partial charge in [-0.15, -0.1) is 4.40 Å². The highest BCUT2D eigenvalue weighted by molar-refractivity contribution is 8.15. The van der Waals surface area contributed by atoms with E-state index in [4.69, 9.17) is 4.74 Å². The second-order valence-electron chi connectivity index (χ2n) is 5.74. The molecule has 0 unspecified atom stereocenters. The van der Waals surface area contributed by atoms with Crippen LogP contribution >= 0.6 is 11.8 Å². The van der Waals surface area contributed by atoms with Crippen LogP contribution in [-0.2, 0) is 19.6 Å². The smallest absolute Gasteiger partial charge is 0.340 e. The number of benzene rings is 2. The molecule has 1 heterocycles. The highest BCUT2D eigenvalue weighted by Crippen LogP contribution is 2.30. The summed E-state index contributed by atoms with van der Waals surface area (Å²) >= 11 is 0.857. The van der Waals surface area contributed by atoms with E-state index < -0.39 is 27.7 Å². The minimum Gasteiger partial charge on any atom is -0.462 e. The highest BCUT2D eigenvalue weighted by Gasteiger charge is 2.26. The molecule has 2 N–H and O–H groups in total. The number of para-hydroxylation sites is 1. The van der Waals surface area contributed by atoms with Gasteiger partial charge in [0.25, 0.3) is 10.0 Å². The van der Waals surface area contributed by atoms with Crippen molar-refractivity contribution in [3.63, 3.8) is 0 Å². The zero-order valence-electron chi connectivity index (χ0n) is 15.1. The van der Waals surface area contributed by atoms with Crippen LogP contribution in [0.15, 0.2) is 51.8 Å². The number of hydrogen-bond acceptors (Lipinski definition) is 7. The molecule has 1 aliphatic rings. The van der Waals surface area contributed by atoms with E-state index in [1.807, 2.05) is 0 Å². The second kappa shape index (κ2) is 8.62. The Bertz CT molecular complexity index is 1100. The molecule has 0 spiro atoms. The fourth-order valence-corrected chi connectivity index (χ4v) is 4.52. The molecule has 0 radical (unpaired) electrons. The maximum Gasteiger partial charge on any atom is 0.340 e. The fraction of sp³-hybridized carbons (Fsp3) is 0.167. The van der Waals surface area contributed by atoms with Gasteiger partial charge in [0.15, 0.2) is 5.17 Å². The highest BCUT2D eigenvalue weighted by atomic mass is 32.2. The summed E-state index contributed by atoms with van der Waals surface area (Å²) in [5, 5.41) is 5.34. The third-order valence-electron chi connectivity index (χ3n) is 3.70. The van der Waals surface area contributed by atoms with Gasteiger partial charge >= 0.3 is 5.97 Å². The summed E-state index contributed by atoms with van der Waals surface area (Å²) in [6, 6.07) is 9.66. The van der Waals surface area contributed by atoms with E-state index in [9.17, 15) is 22.4 Å². The van der Waals surface area contributed by atoms with Crippen molar-refractivity contribution in [2.75, 3.05) is 23.0 Å². The zero-order valence-corrected chi connectivity index (χ0v) is 16.8. The third kappa shape index (κ3) is 4.93. The lowest BCUT2D eigenvalue weighted by atomic mass is 10.2. The predicted octanol–water partition coefficient (Wildman–Crippen LogP) is 2.84. The van der Waals surface area contributed by atoms with Gasteiger partial charge < -0.3 is 15.4 Å². The summed E-state index contributed by atoms with van der Waals surface area (Å²) in [5.74, 6) is -1.90. The SMILES string of the molecule is CCOC(=O)c1ccccc1NC(=O)CSC1=NS(=O)(=O)c2cc(F)ccc2N1. The number of halogens is 1. The van der Waals surface area contributed by atoms with Crippen molar-refractivity contribution in [3.8, 4) is 0 Å². The van der Waals surface area contributed by atoms with Gasteiger partial charge in [0.1, 0.15) is 10.7 Å². The number of anilines is 2. The molecule has 0 saturated carbocycles. The molecule has 2 aromatic rings. The molecule has 1 aliphatic heterocycles. The first-order valence-electron chi connectivity index (χ1n) is 8.40. The minimum atomic E-state index is -4.07. The number of esters is 1. The van der Waals surface area contributed by atoms with E-state index in [0.29, 0.717) is 0 Å². The van der Waals surface area contributed by atoms with Crippen molar-refractivity contribution < 1.29 is 27.1 Å². The Hall–Kier alpha value is -2.92. The van der Waals surface area contributed by atoms with E-state index in [-0.39, 0.29) is 39.4 Å². The van der Waals surface area contributed by atoms with Crippen LogP contribution in [0.3, 0.4) is 0 Å². The normalized spacial score (nSPS) is 14.2. The van der Waals surface area contributed by atoms with Crippen LogP contribution in [0.25, 0.3) is 0 Å². The van der Waals surface area contributed by atoms with Gasteiger partial charge in [-0.25, -0.2) is 9.18 Å². The van der Waals surface area contributed by atoms with Gasteiger partial charge in [-0.05, 0) is 37.3 Å². The number of fused-ring (bicyclic) bond motifs is 1. The molecule has 0 aliphatic carbocycles. The van der Waals surface area contributed by atoms with Crippen LogP contribution in [0, 0.1) is 5.82 Å². The number of thioether (sulfide) groups is 1. The summed E-state index contributed by atoms with van der Waals surface area (Å²) in [6.07, 6.45) is 0. The molecule has 0 atom stereocenters. The standard InChI is InChI=1S/C18H16FN3O5S2/c1-2-27-17(24)12-5-3-4-6-13(12)20-16(23)10-28-18-21-14-8-7-11(19)9-15(14)29(25,26)22-18/h3-9H,2,10H2,1H3,(H,20,23)(H,21,22). The average Bonchev–Trinajstić information content (AvgIpc) is 2.67. The van der Waals surface area contributed by atoms with Crippen molar-refractivity contribution >= 4 is 50.2 Å². The molecule has 0 bridgehead atoms. The van der Waals surface area contributed by atoms with Gasteiger partial charge in [-0.1, -0.05) is 23.9 Å². The summed E-state index contributed by atoms with van der Waals surface area (Å²) in [6.45, 7) is 1.87. The molecule has 0 aromatic heterocycles. The Kier molecular flexibility index (Phi) is 6.18. The Morgan fingerprint density at radius 1 is 1.24 bits per heavy atom. The number of amides is 1. The first-order valence-corrected chi connectivity index (χ1v) is 10.8. The van der Waals surface area contributed by atoms with E-state index in [1.165, 1.54) is 12.1 Å². The minimum absolute atomic E-state index is 0.0158. The largest absolute Gasteiger partial charge is 0.462 e. The number of nitrogens with zero attached hydrogens (tertiary/aromatic N) is 1. The molecule has 2 aromatic carbocycles. The Morgan fingerprint density at radius 3 is 2.76 bits per heavy atom. The summed E-state index contributed by atoms with van der Waals surface area (Å²) in [5.41, 5.74) is 0.667.